The van der Waals surface area contributed by atoms with Crippen LogP contribution in [0.15, 0.2) is 29.1 Å². The summed E-state index contributed by atoms with van der Waals surface area (Å²) < 4.78 is 4.59. The summed E-state index contributed by atoms with van der Waals surface area (Å²) in [5.74, 6) is -0.640. The van der Waals surface area contributed by atoms with E-state index in [9.17, 15) is 14.9 Å². The minimum absolute atomic E-state index is 0.00261. The van der Waals surface area contributed by atoms with Gasteiger partial charge in [-0.3, -0.25) is 14.9 Å². The molecule has 1 N–H and O–H groups in total. The molecule has 0 radical (unpaired) electrons. The van der Waals surface area contributed by atoms with Crippen LogP contribution in [0.4, 0.5) is 5.69 Å². The van der Waals surface area contributed by atoms with Crippen LogP contribution in [0.1, 0.15) is 16.1 Å². The van der Waals surface area contributed by atoms with Gasteiger partial charge >= 0.3 is 0 Å². The lowest BCUT2D eigenvalue weighted by atomic mass is 10.2. The molecule has 19 heavy (non-hydrogen) atoms. The largest absolute Gasteiger partial charge is 0.364 e. The minimum Gasteiger partial charge on any atom is -0.364 e. The molecule has 0 aromatic carbocycles. The van der Waals surface area contributed by atoms with E-state index < -0.39 is 16.5 Å². The van der Waals surface area contributed by atoms with Gasteiger partial charge in [0.2, 0.25) is 0 Å². The first-order valence-corrected chi connectivity index (χ1v) is 5.43. The number of carbonyl (C=O) groups is 1. The topological polar surface area (TPSA) is 111 Å². The van der Waals surface area contributed by atoms with Crippen molar-refractivity contribution in [3.05, 3.63) is 51.1 Å². The summed E-state index contributed by atoms with van der Waals surface area (Å²) in [6, 6.07) is 2.70. The number of aromatic nitrogens is 2. The van der Waals surface area contributed by atoms with Crippen LogP contribution in [0.3, 0.4) is 0 Å². The molecule has 0 aliphatic heterocycles. The van der Waals surface area contributed by atoms with E-state index in [1.165, 1.54) is 6.26 Å². The minimum atomic E-state index is -0.700. The number of hydrogen-bond donors (Lipinski definition) is 1. The maximum absolute atomic E-state index is 11.9. The lowest BCUT2D eigenvalue weighted by Gasteiger charge is -2.04. The van der Waals surface area contributed by atoms with Gasteiger partial charge in [0, 0.05) is 6.07 Å². The van der Waals surface area contributed by atoms with E-state index in [0.29, 0.717) is 5.69 Å². The summed E-state index contributed by atoms with van der Waals surface area (Å²) in [5.41, 5.74) is -0.0771. The quantitative estimate of drug-likeness (QED) is 0.517. The molecule has 2 aromatic rings. The third kappa shape index (κ3) is 3.05. The van der Waals surface area contributed by atoms with Gasteiger partial charge in [-0.05, 0) is 6.07 Å². The molecule has 9 heteroatoms. The van der Waals surface area contributed by atoms with Crippen molar-refractivity contribution in [1.82, 2.24) is 15.5 Å². The molecule has 8 nitrogen and oxygen atoms in total. The van der Waals surface area contributed by atoms with Crippen molar-refractivity contribution in [2.75, 3.05) is 0 Å². The Hall–Kier alpha value is -2.48. The highest BCUT2D eigenvalue weighted by Crippen LogP contribution is 2.20. The monoisotopic (exact) mass is 282 g/mol. The smallest absolute Gasteiger partial charge is 0.300 e. The molecule has 0 atom stereocenters. The van der Waals surface area contributed by atoms with E-state index in [-0.39, 0.29) is 17.3 Å². The molecule has 2 aromatic heterocycles. The molecule has 0 bridgehead atoms. The molecule has 0 saturated carbocycles. The highest BCUT2D eigenvalue weighted by Gasteiger charge is 2.21. The number of carbonyl (C=O) groups excluding carboxylic acids is 1. The summed E-state index contributed by atoms with van der Waals surface area (Å²) in [6.07, 6.45) is 2.29. The second kappa shape index (κ2) is 5.44. The van der Waals surface area contributed by atoms with Crippen LogP contribution >= 0.6 is 11.6 Å². The lowest BCUT2D eigenvalue weighted by molar-refractivity contribution is -0.385. The Morgan fingerprint density at radius 2 is 2.37 bits per heavy atom. The first-order valence-electron chi connectivity index (χ1n) is 5.05. The predicted octanol–water partition coefficient (Wildman–Crippen LogP) is 1.56. The van der Waals surface area contributed by atoms with E-state index in [1.807, 2.05) is 0 Å². The number of nitrogens with one attached hydrogen (secondary N) is 1. The van der Waals surface area contributed by atoms with Gasteiger partial charge in [-0.1, -0.05) is 16.8 Å². The van der Waals surface area contributed by atoms with Crippen LogP contribution in [-0.4, -0.2) is 21.0 Å². The number of nitro groups is 1. The SMILES string of the molecule is O=C(NCc1ccon1)c1cc(Cl)ncc1[N+](=O)[O-]. The Bertz CT molecular complexity index is 614. The molecule has 0 unspecified atom stereocenters. The van der Waals surface area contributed by atoms with E-state index >= 15 is 0 Å². The highest BCUT2D eigenvalue weighted by atomic mass is 35.5. The Kier molecular flexibility index (Phi) is 3.71. The highest BCUT2D eigenvalue weighted by molar-refractivity contribution is 6.29. The van der Waals surface area contributed by atoms with Crippen LogP contribution in [0.2, 0.25) is 5.15 Å². The summed E-state index contributed by atoms with van der Waals surface area (Å²) >= 11 is 5.62. The Labute approximate surface area is 111 Å². The van der Waals surface area contributed by atoms with Gasteiger partial charge in [-0.15, -0.1) is 0 Å². The Morgan fingerprint density at radius 3 is 3.00 bits per heavy atom. The molecule has 0 aliphatic rings. The Morgan fingerprint density at radius 1 is 1.58 bits per heavy atom. The molecule has 1 amide bonds. The van der Waals surface area contributed by atoms with Gasteiger partial charge in [0.1, 0.15) is 28.9 Å². The summed E-state index contributed by atoms with van der Waals surface area (Å²) in [4.78, 5) is 25.5. The molecule has 0 aliphatic carbocycles. The maximum Gasteiger partial charge on any atom is 0.300 e. The average molecular weight is 283 g/mol. The molecular weight excluding hydrogens is 276 g/mol. The van der Waals surface area contributed by atoms with Gasteiger partial charge in [-0.2, -0.15) is 0 Å². The van der Waals surface area contributed by atoms with Crippen LogP contribution < -0.4 is 5.32 Å². The maximum atomic E-state index is 11.9. The average Bonchev–Trinajstić information content (AvgIpc) is 2.88. The van der Waals surface area contributed by atoms with Crippen molar-refractivity contribution in [1.29, 1.82) is 0 Å². The van der Waals surface area contributed by atoms with Gasteiger partial charge in [-0.25, -0.2) is 4.98 Å². The standard InChI is InChI=1S/C10H7ClN4O4/c11-9-3-7(8(5-12-9)15(17)18)10(16)13-4-6-1-2-19-14-6/h1-3,5H,4H2,(H,13,16). The fourth-order valence-electron chi connectivity index (χ4n) is 1.34. The van der Waals surface area contributed by atoms with Crippen LogP contribution in [0.25, 0.3) is 0 Å². The normalized spacial score (nSPS) is 10.2. The molecule has 2 rings (SSSR count). The molecule has 0 spiro atoms. The second-order valence-corrected chi connectivity index (χ2v) is 3.84. The van der Waals surface area contributed by atoms with Crippen molar-refractivity contribution in [2.24, 2.45) is 0 Å². The zero-order valence-electron chi connectivity index (χ0n) is 9.37. The van der Waals surface area contributed by atoms with E-state index in [2.05, 4.69) is 20.0 Å². The number of nitrogens with zero attached hydrogens (tertiary/aromatic N) is 3. The van der Waals surface area contributed by atoms with Crippen LogP contribution in [-0.2, 0) is 6.54 Å². The number of halogens is 1. The number of rotatable bonds is 4. The second-order valence-electron chi connectivity index (χ2n) is 3.45. The first kappa shape index (κ1) is 13.0. The van der Waals surface area contributed by atoms with Crippen LogP contribution in [0, 0.1) is 10.1 Å². The summed E-state index contributed by atoms with van der Waals surface area (Å²) in [6.45, 7) is 0.0897. The van der Waals surface area contributed by atoms with E-state index in [4.69, 9.17) is 11.6 Å². The molecule has 0 fully saturated rings. The van der Waals surface area contributed by atoms with Crippen molar-refractivity contribution in [3.8, 4) is 0 Å². The zero-order valence-corrected chi connectivity index (χ0v) is 10.1. The van der Waals surface area contributed by atoms with Gasteiger partial charge in [0.25, 0.3) is 11.6 Å². The third-order valence-electron chi connectivity index (χ3n) is 2.21. The number of hydrogen-bond acceptors (Lipinski definition) is 6. The lowest BCUT2D eigenvalue weighted by Crippen LogP contribution is -2.24. The van der Waals surface area contributed by atoms with Gasteiger partial charge in [0.15, 0.2) is 0 Å². The fraction of sp³-hybridized carbons (Fsp3) is 0.100. The van der Waals surface area contributed by atoms with Gasteiger partial charge < -0.3 is 9.84 Å². The molecular formula is C10H7ClN4O4. The summed E-state index contributed by atoms with van der Waals surface area (Å²) in [7, 11) is 0. The zero-order chi connectivity index (χ0) is 13.8. The van der Waals surface area contributed by atoms with Crippen molar-refractivity contribution in [2.45, 2.75) is 6.54 Å². The van der Waals surface area contributed by atoms with E-state index in [1.54, 1.807) is 6.07 Å². The summed E-state index contributed by atoms with van der Waals surface area (Å²) in [5, 5.41) is 16.8. The molecule has 98 valence electrons. The fourth-order valence-corrected chi connectivity index (χ4v) is 1.50. The number of amides is 1. The Balaban J connectivity index is 2.18. The predicted molar refractivity (Wildman–Crippen MR) is 63.6 cm³/mol. The first-order chi connectivity index (χ1) is 9.08. The number of pyridine rings is 1. The van der Waals surface area contributed by atoms with Crippen molar-refractivity contribution >= 4 is 23.2 Å². The van der Waals surface area contributed by atoms with Crippen LogP contribution in [0.5, 0.6) is 0 Å². The van der Waals surface area contributed by atoms with Gasteiger partial charge in [0.05, 0.1) is 11.5 Å². The van der Waals surface area contributed by atoms with Crippen molar-refractivity contribution < 1.29 is 14.2 Å². The molecule has 2 heterocycles. The van der Waals surface area contributed by atoms with Crippen molar-refractivity contribution in [3.63, 3.8) is 0 Å². The van der Waals surface area contributed by atoms with E-state index in [0.717, 1.165) is 12.3 Å². The molecule has 0 saturated heterocycles. The third-order valence-corrected chi connectivity index (χ3v) is 2.42.